The summed E-state index contributed by atoms with van der Waals surface area (Å²) in [6.07, 6.45) is 0.919. The van der Waals surface area contributed by atoms with Gasteiger partial charge in [-0.3, -0.25) is 0 Å². The largest absolute Gasteiger partial charge is 0.504 e. The third-order valence-corrected chi connectivity index (χ3v) is 5.50. The number of phenolic OH excluding ortho intramolecular Hbond substituents is 2. The highest BCUT2D eigenvalue weighted by Crippen LogP contribution is 2.49. The van der Waals surface area contributed by atoms with Crippen LogP contribution in [0, 0.1) is 11.8 Å². The number of ether oxygens (including phenoxy) is 3. The Balaban J connectivity index is 1.87. The van der Waals surface area contributed by atoms with Gasteiger partial charge in [0.05, 0.1) is 27.4 Å². The number of hydrogen-bond acceptors (Lipinski definition) is 5. The highest BCUT2D eigenvalue weighted by atomic mass is 16.5. The molecule has 0 saturated carbocycles. The molecule has 5 nitrogen and oxygen atoms in total. The van der Waals surface area contributed by atoms with Crippen molar-refractivity contribution in [2.45, 2.75) is 12.3 Å². The molecule has 0 bridgehead atoms. The summed E-state index contributed by atoms with van der Waals surface area (Å²) in [5, 5.41) is 20.2. The topological polar surface area (TPSA) is 68.2 Å². The molecular weight excluding hydrogens is 320 g/mol. The van der Waals surface area contributed by atoms with Crippen LogP contribution in [0.4, 0.5) is 0 Å². The van der Waals surface area contributed by atoms with Gasteiger partial charge < -0.3 is 24.4 Å². The first-order chi connectivity index (χ1) is 12.1. The van der Waals surface area contributed by atoms with Crippen LogP contribution < -0.4 is 9.47 Å². The van der Waals surface area contributed by atoms with E-state index in [1.807, 2.05) is 24.3 Å². The lowest BCUT2D eigenvalue weighted by Gasteiger charge is -2.35. The van der Waals surface area contributed by atoms with Crippen LogP contribution in [-0.4, -0.2) is 37.6 Å². The summed E-state index contributed by atoms with van der Waals surface area (Å²) in [7, 11) is 3.11. The van der Waals surface area contributed by atoms with Gasteiger partial charge in [-0.1, -0.05) is 6.07 Å². The SMILES string of the molecule is COc1cc([C@H]2c3cc(O)c(OC)cc3CC3COCC32)ccc1O. The lowest BCUT2D eigenvalue weighted by molar-refractivity contribution is 0.179. The number of methoxy groups -OCH3 is 2. The van der Waals surface area contributed by atoms with Crippen LogP contribution in [0.15, 0.2) is 30.3 Å². The van der Waals surface area contributed by atoms with Crippen LogP contribution in [-0.2, 0) is 11.2 Å². The molecule has 2 aromatic rings. The lowest BCUT2D eigenvalue weighted by Crippen LogP contribution is -2.29. The predicted octanol–water partition coefficient (Wildman–Crippen LogP) is 3.07. The predicted molar refractivity (Wildman–Crippen MR) is 92.7 cm³/mol. The van der Waals surface area contributed by atoms with Crippen molar-refractivity contribution in [1.82, 2.24) is 0 Å². The van der Waals surface area contributed by atoms with E-state index in [9.17, 15) is 10.2 Å². The number of rotatable bonds is 3. The average molecular weight is 342 g/mol. The molecule has 1 heterocycles. The summed E-state index contributed by atoms with van der Waals surface area (Å²) in [6.45, 7) is 1.45. The van der Waals surface area contributed by atoms with Gasteiger partial charge in [-0.2, -0.15) is 0 Å². The molecule has 0 radical (unpaired) electrons. The van der Waals surface area contributed by atoms with Gasteiger partial charge in [0.1, 0.15) is 0 Å². The standard InChI is InChI=1S/C20H22O5/c1-23-18-6-11(3-4-16(18)21)20-14-8-17(22)19(24-2)7-12(14)5-13-9-25-10-15(13)20/h3-4,6-8,13,15,20-22H,5,9-10H2,1-2H3/t13?,15?,20-/m0/s1. The molecule has 1 aliphatic carbocycles. The van der Waals surface area contributed by atoms with Crippen LogP contribution in [0.25, 0.3) is 0 Å². The molecule has 1 fully saturated rings. The molecule has 25 heavy (non-hydrogen) atoms. The fourth-order valence-corrected chi connectivity index (χ4v) is 4.28. The normalized spacial score (nSPS) is 24.5. The smallest absolute Gasteiger partial charge is 0.160 e. The first-order valence-corrected chi connectivity index (χ1v) is 8.46. The Hall–Kier alpha value is -2.40. The second-order valence-corrected chi connectivity index (χ2v) is 6.80. The van der Waals surface area contributed by atoms with E-state index in [4.69, 9.17) is 14.2 Å². The Morgan fingerprint density at radius 1 is 0.960 bits per heavy atom. The van der Waals surface area contributed by atoms with Gasteiger partial charge in [-0.15, -0.1) is 0 Å². The summed E-state index contributed by atoms with van der Waals surface area (Å²) in [4.78, 5) is 0. The Labute approximate surface area is 146 Å². The van der Waals surface area contributed by atoms with Crippen molar-refractivity contribution < 1.29 is 24.4 Å². The minimum absolute atomic E-state index is 0.0857. The second kappa shape index (κ2) is 6.15. The minimum Gasteiger partial charge on any atom is -0.504 e. The molecule has 4 rings (SSSR count). The van der Waals surface area contributed by atoms with Gasteiger partial charge in [0, 0.05) is 5.92 Å². The summed E-state index contributed by atoms with van der Waals surface area (Å²) in [5.41, 5.74) is 3.33. The molecule has 2 N–H and O–H groups in total. The summed E-state index contributed by atoms with van der Waals surface area (Å²) in [6, 6.07) is 9.22. The number of phenols is 2. The third kappa shape index (κ3) is 2.59. The van der Waals surface area contributed by atoms with Crippen molar-refractivity contribution >= 4 is 0 Å². The number of fused-ring (bicyclic) bond motifs is 2. The molecule has 0 aromatic heterocycles. The summed E-state index contributed by atoms with van der Waals surface area (Å²) in [5.74, 6) is 2.09. The Bertz CT molecular complexity index is 801. The minimum atomic E-state index is 0.0857. The van der Waals surface area contributed by atoms with E-state index in [2.05, 4.69) is 0 Å². The van der Waals surface area contributed by atoms with E-state index >= 15 is 0 Å². The van der Waals surface area contributed by atoms with Gasteiger partial charge in [0.2, 0.25) is 0 Å². The van der Waals surface area contributed by atoms with Crippen molar-refractivity contribution in [1.29, 1.82) is 0 Å². The lowest BCUT2D eigenvalue weighted by atomic mass is 9.68. The fraction of sp³-hybridized carbons (Fsp3) is 0.400. The average Bonchev–Trinajstić information content (AvgIpc) is 3.08. The Morgan fingerprint density at radius 3 is 2.48 bits per heavy atom. The van der Waals surface area contributed by atoms with E-state index in [1.54, 1.807) is 20.3 Å². The first kappa shape index (κ1) is 16.1. The maximum atomic E-state index is 10.3. The molecule has 2 aliphatic rings. The van der Waals surface area contributed by atoms with E-state index in [-0.39, 0.29) is 17.4 Å². The molecule has 5 heteroatoms. The maximum Gasteiger partial charge on any atom is 0.160 e. The zero-order valence-electron chi connectivity index (χ0n) is 14.4. The molecule has 2 aromatic carbocycles. The van der Waals surface area contributed by atoms with Crippen molar-refractivity contribution in [3.05, 3.63) is 47.0 Å². The maximum absolute atomic E-state index is 10.3. The zero-order chi connectivity index (χ0) is 17.6. The molecule has 0 amide bonds. The molecule has 132 valence electrons. The van der Waals surface area contributed by atoms with Crippen molar-refractivity contribution in [2.24, 2.45) is 11.8 Å². The fourth-order valence-electron chi connectivity index (χ4n) is 4.28. The molecule has 3 atom stereocenters. The van der Waals surface area contributed by atoms with E-state index in [0.717, 1.165) is 24.2 Å². The Morgan fingerprint density at radius 2 is 1.72 bits per heavy atom. The molecule has 0 spiro atoms. The quantitative estimate of drug-likeness (QED) is 0.897. The van der Waals surface area contributed by atoms with Crippen LogP contribution in [0.3, 0.4) is 0 Å². The zero-order valence-corrected chi connectivity index (χ0v) is 14.4. The van der Waals surface area contributed by atoms with Crippen molar-refractivity contribution in [3.8, 4) is 23.0 Å². The monoisotopic (exact) mass is 342 g/mol. The highest BCUT2D eigenvalue weighted by Gasteiger charge is 2.41. The van der Waals surface area contributed by atoms with Crippen molar-refractivity contribution in [2.75, 3.05) is 27.4 Å². The van der Waals surface area contributed by atoms with Crippen LogP contribution in [0.2, 0.25) is 0 Å². The third-order valence-electron chi connectivity index (χ3n) is 5.50. The van der Waals surface area contributed by atoms with Crippen LogP contribution in [0.1, 0.15) is 22.6 Å². The van der Waals surface area contributed by atoms with Crippen LogP contribution in [0.5, 0.6) is 23.0 Å². The van der Waals surface area contributed by atoms with E-state index in [0.29, 0.717) is 29.9 Å². The van der Waals surface area contributed by atoms with Gasteiger partial charge in [0.15, 0.2) is 23.0 Å². The molecule has 2 unspecified atom stereocenters. The number of benzene rings is 2. The van der Waals surface area contributed by atoms with Crippen molar-refractivity contribution in [3.63, 3.8) is 0 Å². The summed E-state index contributed by atoms with van der Waals surface area (Å²) >= 11 is 0. The van der Waals surface area contributed by atoms with E-state index in [1.165, 1.54) is 5.56 Å². The molecule has 1 aliphatic heterocycles. The molecule has 1 saturated heterocycles. The van der Waals surface area contributed by atoms with Gasteiger partial charge in [-0.25, -0.2) is 0 Å². The second-order valence-electron chi connectivity index (χ2n) is 6.80. The first-order valence-electron chi connectivity index (χ1n) is 8.46. The summed E-state index contributed by atoms with van der Waals surface area (Å²) < 4.78 is 16.3. The molecular formula is C20H22O5. The number of aromatic hydroxyl groups is 2. The van der Waals surface area contributed by atoms with Gasteiger partial charge in [-0.05, 0) is 59.2 Å². The highest BCUT2D eigenvalue weighted by molar-refractivity contribution is 5.53. The van der Waals surface area contributed by atoms with E-state index < -0.39 is 0 Å². The van der Waals surface area contributed by atoms with Gasteiger partial charge in [0.25, 0.3) is 0 Å². The van der Waals surface area contributed by atoms with Crippen LogP contribution >= 0.6 is 0 Å². The number of hydrogen-bond donors (Lipinski definition) is 2. The van der Waals surface area contributed by atoms with Gasteiger partial charge >= 0.3 is 0 Å². The Kier molecular flexibility index (Phi) is 3.96.